The van der Waals surface area contributed by atoms with Crippen LogP contribution < -0.4 is 15.4 Å². The van der Waals surface area contributed by atoms with Crippen molar-refractivity contribution < 1.29 is 9.53 Å². The predicted molar refractivity (Wildman–Crippen MR) is 106 cm³/mol. The maximum absolute atomic E-state index is 12.6. The van der Waals surface area contributed by atoms with Crippen molar-refractivity contribution in [3.05, 3.63) is 40.4 Å². The van der Waals surface area contributed by atoms with Gasteiger partial charge in [-0.15, -0.1) is 0 Å². The molecule has 140 valence electrons. The number of rotatable bonds is 7. The summed E-state index contributed by atoms with van der Waals surface area (Å²) >= 11 is 1.45. The van der Waals surface area contributed by atoms with Crippen LogP contribution in [0.3, 0.4) is 0 Å². The molecule has 26 heavy (non-hydrogen) atoms. The first-order chi connectivity index (χ1) is 12.7. The molecule has 1 amide bonds. The highest BCUT2D eigenvalue weighted by Crippen LogP contribution is 2.27. The fourth-order valence-electron chi connectivity index (χ4n) is 3.26. The van der Waals surface area contributed by atoms with Crippen LogP contribution in [-0.2, 0) is 6.54 Å². The molecule has 1 aliphatic rings. The number of hydrogen-bond acceptors (Lipinski definition) is 5. The van der Waals surface area contributed by atoms with Crippen molar-refractivity contribution in [3.8, 4) is 5.75 Å². The Morgan fingerprint density at radius 1 is 1.31 bits per heavy atom. The van der Waals surface area contributed by atoms with E-state index in [1.807, 2.05) is 38.1 Å². The Labute approximate surface area is 159 Å². The van der Waals surface area contributed by atoms with Gasteiger partial charge in [0.25, 0.3) is 5.91 Å². The molecule has 0 atom stereocenters. The molecule has 2 N–H and O–H groups in total. The number of carbonyl (C=O) groups is 1. The van der Waals surface area contributed by atoms with E-state index in [-0.39, 0.29) is 5.91 Å². The lowest BCUT2D eigenvalue weighted by Gasteiger charge is -2.22. The lowest BCUT2D eigenvalue weighted by atomic mass is 9.96. The Morgan fingerprint density at radius 3 is 2.88 bits per heavy atom. The number of thiazole rings is 1. The van der Waals surface area contributed by atoms with Crippen LogP contribution in [0.15, 0.2) is 24.3 Å². The van der Waals surface area contributed by atoms with E-state index in [0.29, 0.717) is 24.1 Å². The number of carbonyl (C=O) groups excluding carboxylic acids is 1. The van der Waals surface area contributed by atoms with E-state index < -0.39 is 0 Å². The number of nitrogens with one attached hydrogen (secondary N) is 2. The average molecular weight is 374 g/mol. The van der Waals surface area contributed by atoms with E-state index in [1.54, 1.807) is 0 Å². The largest absolute Gasteiger partial charge is 0.494 e. The fourth-order valence-corrected chi connectivity index (χ4v) is 4.22. The molecule has 0 saturated heterocycles. The summed E-state index contributed by atoms with van der Waals surface area (Å²) in [5.41, 5.74) is 1.81. The first-order valence-corrected chi connectivity index (χ1v) is 10.2. The SMILES string of the molecule is CCOc1cccc(CNC(=O)c2sc(NC3CCCCC3)nc2C)c1. The molecule has 1 fully saturated rings. The molecule has 1 aromatic heterocycles. The molecule has 0 radical (unpaired) electrons. The third kappa shape index (κ3) is 4.97. The third-order valence-corrected chi connectivity index (χ3v) is 5.69. The molecule has 0 bridgehead atoms. The molecule has 0 aliphatic heterocycles. The first kappa shape index (κ1) is 18.7. The van der Waals surface area contributed by atoms with Gasteiger partial charge in [0.05, 0.1) is 12.3 Å². The zero-order chi connectivity index (χ0) is 18.4. The molecule has 1 saturated carbocycles. The summed E-state index contributed by atoms with van der Waals surface area (Å²) in [5, 5.41) is 7.35. The minimum atomic E-state index is -0.0708. The second-order valence-corrected chi connectivity index (χ2v) is 7.67. The van der Waals surface area contributed by atoms with Crippen molar-refractivity contribution in [1.82, 2.24) is 10.3 Å². The number of amides is 1. The van der Waals surface area contributed by atoms with E-state index >= 15 is 0 Å². The third-order valence-electron chi connectivity index (χ3n) is 4.60. The Morgan fingerprint density at radius 2 is 2.12 bits per heavy atom. The summed E-state index contributed by atoms with van der Waals surface area (Å²) in [5.74, 6) is 0.755. The first-order valence-electron chi connectivity index (χ1n) is 9.39. The molecule has 1 aromatic carbocycles. The highest BCUT2D eigenvalue weighted by atomic mass is 32.1. The van der Waals surface area contributed by atoms with E-state index in [2.05, 4.69) is 15.6 Å². The van der Waals surface area contributed by atoms with Gasteiger partial charge < -0.3 is 15.4 Å². The minimum Gasteiger partial charge on any atom is -0.494 e. The van der Waals surface area contributed by atoms with E-state index in [4.69, 9.17) is 4.74 Å². The normalized spacial score (nSPS) is 14.8. The number of ether oxygens (including phenoxy) is 1. The van der Waals surface area contributed by atoms with E-state index in [1.165, 1.54) is 43.4 Å². The van der Waals surface area contributed by atoms with Crippen molar-refractivity contribution in [2.75, 3.05) is 11.9 Å². The Hall–Kier alpha value is -2.08. The van der Waals surface area contributed by atoms with Crippen LogP contribution in [-0.4, -0.2) is 23.5 Å². The van der Waals surface area contributed by atoms with Gasteiger partial charge in [-0.3, -0.25) is 4.79 Å². The number of benzene rings is 1. The standard InChI is InChI=1S/C20H27N3O2S/c1-3-25-17-11-7-8-15(12-17)13-21-19(24)18-14(2)22-20(26-18)23-16-9-5-4-6-10-16/h7-8,11-12,16H,3-6,9-10,13H2,1-2H3,(H,21,24)(H,22,23). The highest BCUT2D eigenvalue weighted by Gasteiger charge is 2.18. The Bertz CT molecular complexity index is 738. The lowest BCUT2D eigenvalue weighted by molar-refractivity contribution is 0.0954. The smallest absolute Gasteiger partial charge is 0.263 e. The van der Waals surface area contributed by atoms with Crippen LogP contribution in [0.25, 0.3) is 0 Å². The second kappa shape index (κ2) is 9.03. The van der Waals surface area contributed by atoms with E-state index in [9.17, 15) is 4.79 Å². The van der Waals surface area contributed by atoms with Gasteiger partial charge in [0, 0.05) is 12.6 Å². The van der Waals surface area contributed by atoms with Crippen molar-refractivity contribution in [2.45, 2.75) is 58.5 Å². The molecule has 1 aliphatic carbocycles. The molecular weight excluding hydrogens is 346 g/mol. The van der Waals surface area contributed by atoms with Gasteiger partial charge in [0.15, 0.2) is 5.13 Å². The topological polar surface area (TPSA) is 63.2 Å². The Kier molecular flexibility index (Phi) is 6.50. The fraction of sp³-hybridized carbons (Fsp3) is 0.500. The quantitative estimate of drug-likeness (QED) is 0.749. The number of anilines is 1. The second-order valence-electron chi connectivity index (χ2n) is 6.68. The highest BCUT2D eigenvalue weighted by molar-refractivity contribution is 7.17. The number of aryl methyl sites for hydroxylation is 1. The number of aromatic nitrogens is 1. The zero-order valence-electron chi connectivity index (χ0n) is 15.5. The maximum Gasteiger partial charge on any atom is 0.263 e. The molecule has 3 rings (SSSR count). The molecule has 1 heterocycles. The van der Waals surface area contributed by atoms with Crippen molar-refractivity contribution in [3.63, 3.8) is 0 Å². The van der Waals surface area contributed by atoms with Crippen LogP contribution >= 0.6 is 11.3 Å². The minimum absolute atomic E-state index is 0.0708. The van der Waals surface area contributed by atoms with Crippen LogP contribution in [0.4, 0.5) is 5.13 Å². The van der Waals surface area contributed by atoms with Crippen molar-refractivity contribution in [1.29, 1.82) is 0 Å². The maximum atomic E-state index is 12.6. The summed E-state index contributed by atoms with van der Waals surface area (Å²) in [6.07, 6.45) is 6.26. The van der Waals surface area contributed by atoms with Crippen molar-refractivity contribution in [2.24, 2.45) is 0 Å². The predicted octanol–water partition coefficient (Wildman–Crippen LogP) is 4.52. The summed E-state index contributed by atoms with van der Waals surface area (Å²) < 4.78 is 5.50. The van der Waals surface area contributed by atoms with Gasteiger partial charge in [0.2, 0.25) is 0 Å². The van der Waals surface area contributed by atoms with Gasteiger partial charge in [-0.25, -0.2) is 4.98 Å². The van der Waals surface area contributed by atoms with Gasteiger partial charge in [-0.1, -0.05) is 42.7 Å². The molecule has 0 unspecified atom stereocenters. The van der Waals surface area contributed by atoms with E-state index in [0.717, 1.165) is 22.1 Å². The summed E-state index contributed by atoms with van der Waals surface area (Å²) in [6, 6.07) is 8.30. The van der Waals surface area contributed by atoms with Gasteiger partial charge in [-0.2, -0.15) is 0 Å². The molecule has 0 spiro atoms. The zero-order valence-corrected chi connectivity index (χ0v) is 16.3. The number of nitrogens with zero attached hydrogens (tertiary/aromatic N) is 1. The van der Waals surface area contributed by atoms with Crippen LogP contribution in [0.1, 0.15) is 60.0 Å². The van der Waals surface area contributed by atoms with Crippen LogP contribution in [0, 0.1) is 6.92 Å². The average Bonchev–Trinajstić information content (AvgIpc) is 3.01. The summed E-state index contributed by atoms with van der Waals surface area (Å²) in [4.78, 5) is 17.8. The Balaban J connectivity index is 1.58. The van der Waals surface area contributed by atoms with Gasteiger partial charge >= 0.3 is 0 Å². The summed E-state index contributed by atoms with van der Waals surface area (Å²) in [6.45, 7) is 4.96. The van der Waals surface area contributed by atoms with Gasteiger partial charge in [-0.05, 0) is 44.4 Å². The molecule has 5 nitrogen and oxygen atoms in total. The molecule has 2 aromatic rings. The van der Waals surface area contributed by atoms with Crippen molar-refractivity contribution >= 4 is 22.4 Å². The van der Waals surface area contributed by atoms with Gasteiger partial charge in [0.1, 0.15) is 10.6 Å². The monoisotopic (exact) mass is 373 g/mol. The van der Waals surface area contributed by atoms with Crippen LogP contribution in [0.2, 0.25) is 0 Å². The van der Waals surface area contributed by atoms with Crippen LogP contribution in [0.5, 0.6) is 5.75 Å². The lowest BCUT2D eigenvalue weighted by Crippen LogP contribution is -2.22. The molecular formula is C20H27N3O2S. The number of hydrogen-bond donors (Lipinski definition) is 2. The molecule has 6 heteroatoms. The summed E-state index contributed by atoms with van der Waals surface area (Å²) in [7, 11) is 0.